The van der Waals surface area contributed by atoms with Gasteiger partial charge in [-0.15, -0.1) is 0 Å². The van der Waals surface area contributed by atoms with Crippen molar-refractivity contribution in [3.05, 3.63) is 41.5 Å². The molecule has 0 saturated carbocycles. The second-order valence-electron chi connectivity index (χ2n) is 3.29. The lowest BCUT2D eigenvalue weighted by atomic mass is 9.88. The summed E-state index contributed by atoms with van der Waals surface area (Å²) in [6.07, 6.45) is 3.80. The molecule has 1 N–H and O–H groups in total. The minimum absolute atomic E-state index is 0.236. The van der Waals surface area contributed by atoms with Crippen LogP contribution >= 0.6 is 0 Å². The molecule has 0 radical (unpaired) electrons. The molecule has 0 unspecified atom stereocenters. The van der Waals surface area contributed by atoms with Gasteiger partial charge in [0.2, 0.25) is 0 Å². The van der Waals surface area contributed by atoms with Crippen molar-refractivity contribution in [1.82, 2.24) is 0 Å². The van der Waals surface area contributed by atoms with Gasteiger partial charge in [0.25, 0.3) is 0 Å². The van der Waals surface area contributed by atoms with Gasteiger partial charge in [-0.1, -0.05) is 43.3 Å². The Balaban J connectivity index is 2.52. The summed E-state index contributed by atoms with van der Waals surface area (Å²) >= 11 is 0. The van der Waals surface area contributed by atoms with E-state index in [1.54, 1.807) is 0 Å². The van der Waals surface area contributed by atoms with E-state index in [0.717, 1.165) is 11.1 Å². The Labute approximate surface area is 72.4 Å². The first-order valence-electron chi connectivity index (χ1n) is 4.24. The molecule has 1 heteroatoms. The van der Waals surface area contributed by atoms with Crippen molar-refractivity contribution in [1.29, 1.82) is 0 Å². The molecule has 1 aliphatic rings. The SMILES string of the molecule is C[C@H]1C=Cc2ccccc2[C@@H]1O. The number of rotatable bonds is 0. The topological polar surface area (TPSA) is 20.2 Å². The molecule has 1 aliphatic carbocycles. The lowest BCUT2D eigenvalue weighted by Crippen LogP contribution is -2.11. The quantitative estimate of drug-likeness (QED) is 0.617. The molecule has 0 spiro atoms. The van der Waals surface area contributed by atoms with Crippen molar-refractivity contribution in [3.63, 3.8) is 0 Å². The van der Waals surface area contributed by atoms with Crippen LogP contribution in [0.3, 0.4) is 0 Å². The van der Waals surface area contributed by atoms with Crippen LogP contribution in [-0.2, 0) is 0 Å². The van der Waals surface area contributed by atoms with Crippen molar-refractivity contribution in [2.24, 2.45) is 5.92 Å². The molecule has 0 aliphatic heterocycles. The fraction of sp³-hybridized carbons (Fsp3) is 0.273. The average molecular weight is 160 g/mol. The molecule has 0 aromatic heterocycles. The van der Waals surface area contributed by atoms with Crippen molar-refractivity contribution in [2.75, 3.05) is 0 Å². The third-order valence-electron chi connectivity index (χ3n) is 2.39. The van der Waals surface area contributed by atoms with Crippen LogP contribution in [0.4, 0.5) is 0 Å². The second-order valence-corrected chi connectivity index (χ2v) is 3.29. The molecular weight excluding hydrogens is 148 g/mol. The summed E-state index contributed by atoms with van der Waals surface area (Å²) in [5, 5.41) is 9.78. The number of hydrogen-bond donors (Lipinski definition) is 1. The zero-order valence-corrected chi connectivity index (χ0v) is 7.07. The largest absolute Gasteiger partial charge is 0.388 e. The normalized spacial score (nSPS) is 26.8. The smallest absolute Gasteiger partial charge is 0.0855 e. The van der Waals surface area contributed by atoms with Gasteiger partial charge in [-0.2, -0.15) is 0 Å². The van der Waals surface area contributed by atoms with Gasteiger partial charge in [-0.05, 0) is 11.1 Å². The monoisotopic (exact) mass is 160 g/mol. The maximum Gasteiger partial charge on any atom is 0.0855 e. The third-order valence-corrected chi connectivity index (χ3v) is 2.39. The van der Waals surface area contributed by atoms with Gasteiger partial charge < -0.3 is 5.11 Å². The average Bonchev–Trinajstić information content (AvgIpc) is 2.12. The Hall–Kier alpha value is -1.08. The lowest BCUT2D eigenvalue weighted by Gasteiger charge is -2.22. The van der Waals surface area contributed by atoms with E-state index in [1.807, 2.05) is 37.3 Å². The Morgan fingerprint density at radius 1 is 1.25 bits per heavy atom. The van der Waals surface area contributed by atoms with Crippen LogP contribution in [0, 0.1) is 5.92 Å². The standard InChI is InChI=1S/C11H12O/c1-8-6-7-9-4-2-3-5-10(9)11(8)12/h2-8,11-12H,1H3/t8-,11+/m0/s1. The fourth-order valence-electron chi connectivity index (χ4n) is 1.58. The van der Waals surface area contributed by atoms with Gasteiger partial charge >= 0.3 is 0 Å². The minimum atomic E-state index is -0.328. The summed E-state index contributed by atoms with van der Waals surface area (Å²) in [6, 6.07) is 7.97. The highest BCUT2D eigenvalue weighted by molar-refractivity contribution is 5.57. The van der Waals surface area contributed by atoms with Crippen LogP contribution in [0.5, 0.6) is 0 Å². The van der Waals surface area contributed by atoms with Crippen LogP contribution in [-0.4, -0.2) is 5.11 Å². The third kappa shape index (κ3) is 1.07. The molecule has 62 valence electrons. The van der Waals surface area contributed by atoms with Crippen LogP contribution in [0.25, 0.3) is 6.08 Å². The number of aliphatic hydroxyl groups excluding tert-OH is 1. The van der Waals surface area contributed by atoms with E-state index in [-0.39, 0.29) is 12.0 Å². The molecule has 2 atom stereocenters. The van der Waals surface area contributed by atoms with E-state index in [9.17, 15) is 5.11 Å². The maximum atomic E-state index is 9.78. The van der Waals surface area contributed by atoms with E-state index in [1.165, 1.54) is 0 Å². The van der Waals surface area contributed by atoms with Crippen molar-refractivity contribution >= 4 is 6.08 Å². The Kier molecular flexibility index (Phi) is 1.74. The summed E-state index contributed by atoms with van der Waals surface area (Å²) < 4.78 is 0. The highest BCUT2D eigenvalue weighted by Crippen LogP contribution is 2.31. The minimum Gasteiger partial charge on any atom is -0.388 e. The van der Waals surface area contributed by atoms with Crippen LogP contribution in [0.15, 0.2) is 30.3 Å². The molecule has 0 fully saturated rings. The molecule has 0 heterocycles. The van der Waals surface area contributed by atoms with Gasteiger partial charge in [0, 0.05) is 5.92 Å². The first-order valence-corrected chi connectivity index (χ1v) is 4.24. The Bertz CT molecular complexity index is 315. The van der Waals surface area contributed by atoms with Crippen molar-refractivity contribution in [3.8, 4) is 0 Å². The molecule has 0 saturated heterocycles. The van der Waals surface area contributed by atoms with E-state index >= 15 is 0 Å². The summed E-state index contributed by atoms with van der Waals surface area (Å²) in [6.45, 7) is 2.02. The zero-order valence-electron chi connectivity index (χ0n) is 7.07. The van der Waals surface area contributed by atoms with Crippen LogP contribution in [0.2, 0.25) is 0 Å². The second kappa shape index (κ2) is 2.76. The predicted molar refractivity (Wildman–Crippen MR) is 49.6 cm³/mol. The number of hydrogen-bond acceptors (Lipinski definition) is 1. The highest BCUT2D eigenvalue weighted by Gasteiger charge is 2.19. The van der Waals surface area contributed by atoms with Gasteiger partial charge in [-0.25, -0.2) is 0 Å². The molecule has 0 amide bonds. The zero-order chi connectivity index (χ0) is 8.55. The predicted octanol–water partition coefficient (Wildman–Crippen LogP) is 2.38. The number of benzene rings is 1. The van der Waals surface area contributed by atoms with Gasteiger partial charge in [-0.3, -0.25) is 0 Å². The fourth-order valence-corrected chi connectivity index (χ4v) is 1.58. The van der Waals surface area contributed by atoms with E-state index in [4.69, 9.17) is 0 Å². The van der Waals surface area contributed by atoms with Gasteiger partial charge in [0.1, 0.15) is 0 Å². The van der Waals surface area contributed by atoms with E-state index < -0.39 is 0 Å². The van der Waals surface area contributed by atoms with Crippen molar-refractivity contribution < 1.29 is 5.11 Å². The first kappa shape index (κ1) is 7.56. The van der Waals surface area contributed by atoms with Gasteiger partial charge in [0.05, 0.1) is 6.10 Å². The molecule has 1 aromatic carbocycles. The lowest BCUT2D eigenvalue weighted by molar-refractivity contribution is 0.138. The van der Waals surface area contributed by atoms with Crippen molar-refractivity contribution in [2.45, 2.75) is 13.0 Å². The van der Waals surface area contributed by atoms with Gasteiger partial charge in [0.15, 0.2) is 0 Å². The molecule has 1 nitrogen and oxygen atoms in total. The summed E-state index contributed by atoms with van der Waals surface area (Å²) in [5.41, 5.74) is 2.19. The summed E-state index contributed by atoms with van der Waals surface area (Å²) in [7, 11) is 0. The number of fused-ring (bicyclic) bond motifs is 1. The summed E-state index contributed by atoms with van der Waals surface area (Å²) in [5.74, 6) is 0.236. The van der Waals surface area contributed by atoms with E-state index in [2.05, 4.69) is 6.08 Å². The highest BCUT2D eigenvalue weighted by atomic mass is 16.3. The Morgan fingerprint density at radius 2 is 2.00 bits per heavy atom. The van der Waals surface area contributed by atoms with E-state index in [0.29, 0.717) is 0 Å². The number of aliphatic hydroxyl groups is 1. The summed E-state index contributed by atoms with van der Waals surface area (Å²) in [4.78, 5) is 0. The first-order chi connectivity index (χ1) is 5.79. The molecule has 2 rings (SSSR count). The maximum absolute atomic E-state index is 9.78. The molecular formula is C11H12O. The van der Waals surface area contributed by atoms with Crippen LogP contribution in [0.1, 0.15) is 24.2 Å². The Morgan fingerprint density at radius 3 is 2.83 bits per heavy atom. The molecule has 0 bridgehead atoms. The molecule has 1 aromatic rings. The molecule has 12 heavy (non-hydrogen) atoms. The van der Waals surface area contributed by atoms with Crippen LogP contribution < -0.4 is 0 Å².